The van der Waals surface area contributed by atoms with Crippen LogP contribution in [-0.4, -0.2) is 23.1 Å². The summed E-state index contributed by atoms with van der Waals surface area (Å²) in [4.78, 5) is 17.1. The maximum atomic E-state index is 13.0. The maximum absolute atomic E-state index is 13.0. The third-order valence-corrected chi connectivity index (χ3v) is 4.63. The van der Waals surface area contributed by atoms with E-state index < -0.39 is 6.04 Å². The van der Waals surface area contributed by atoms with Crippen molar-refractivity contribution in [2.75, 3.05) is 0 Å². The van der Waals surface area contributed by atoms with Gasteiger partial charge in [-0.05, 0) is 23.1 Å². The number of rotatable bonds is 5. The molecular formula is C19H25N5O. The second kappa shape index (κ2) is 7.74. The summed E-state index contributed by atoms with van der Waals surface area (Å²) in [5.41, 5.74) is 14.3. The zero-order valence-corrected chi connectivity index (χ0v) is 14.5. The zero-order valence-electron chi connectivity index (χ0n) is 14.5. The van der Waals surface area contributed by atoms with E-state index in [0.29, 0.717) is 0 Å². The van der Waals surface area contributed by atoms with Crippen LogP contribution in [0.2, 0.25) is 0 Å². The monoisotopic (exact) mass is 339 g/mol. The van der Waals surface area contributed by atoms with Gasteiger partial charge in [-0.3, -0.25) is 9.78 Å². The van der Waals surface area contributed by atoms with Crippen molar-refractivity contribution in [3.8, 4) is 0 Å². The van der Waals surface area contributed by atoms with Crippen molar-refractivity contribution in [1.29, 1.82) is 0 Å². The molecule has 6 heteroatoms. The number of nitrogens with zero attached hydrogens (tertiary/aromatic N) is 1. The van der Waals surface area contributed by atoms with Gasteiger partial charge in [0.2, 0.25) is 5.91 Å². The lowest BCUT2D eigenvalue weighted by molar-refractivity contribution is -0.124. The molecule has 1 aromatic carbocycles. The number of carbonyl (C=O) groups is 1. The van der Waals surface area contributed by atoms with Gasteiger partial charge in [-0.1, -0.05) is 50.2 Å². The smallest absolute Gasteiger partial charge is 0.239 e. The van der Waals surface area contributed by atoms with E-state index in [2.05, 4.69) is 35.0 Å². The Morgan fingerprint density at radius 1 is 1.16 bits per heavy atom. The second-order valence-corrected chi connectivity index (χ2v) is 6.75. The number of amides is 1. The van der Waals surface area contributed by atoms with Crippen LogP contribution in [0.1, 0.15) is 36.9 Å². The van der Waals surface area contributed by atoms with Gasteiger partial charge in [-0.25, -0.2) is 10.9 Å². The van der Waals surface area contributed by atoms with Gasteiger partial charge in [0.15, 0.2) is 0 Å². The molecule has 1 saturated heterocycles. The standard InChI is InChI=1S/C19H25N5O/c1-12(2)16(14-9-6-10-21-11-14)22-19(25)17-15(18(20)24-23-17)13-7-4-3-5-8-13/h3-12,15-18,23-24H,20H2,1-2H3,(H,22,25). The molecule has 2 aromatic rings. The highest BCUT2D eigenvalue weighted by molar-refractivity contribution is 5.84. The van der Waals surface area contributed by atoms with Crippen LogP contribution in [0.15, 0.2) is 54.9 Å². The summed E-state index contributed by atoms with van der Waals surface area (Å²) in [6, 6.07) is 13.2. The number of carbonyl (C=O) groups excluding carboxylic acids is 1. The minimum atomic E-state index is -0.435. The number of nitrogens with two attached hydrogens (primary N) is 1. The van der Waals surface area contributed by atoms with Crippen LogP contribution in [0, 0.1) is 5.92 Å². The molecule has 1 aromatic heterocycles. The van der Waals surface area contributed by atoms with E-state index >= 15 is 0 Å². The van der Waals surface area contributed by atoms with Gasteiger partial charge in [-0.15, -0.1) is 0 Å². The first-order valence-electron chi connectivity index (χ1n) is 8.60. The second-order valence-electron chi connectivity index (χ2n) is 6.75. The van der Waals surface area contributed by atoms with Crippen molar-refractivity contribution < 1.29 is 4.79 Å². The zero-order chi connectivity index (χ0) is 17.8. The molecule has 6 nitrogen and oxygen atoms in total. The Hall–Kier alpha value is -2.28. The molecule has 4 unspecified atom stereocenters. The molecule has 132 valence electrons. The molecule has 1 aliphatic rings. The van der Waals surface area contributed by atoms with Crippen LogP contribution >= 0.6 is 0 Å². The van der Waals surface area contributed by atoms with Crippen LogP contribution in [-0.2, 0) is 4.79 Å². The van der Waals surface area contributed by atoms with Crippen LogP contribution < -0.4 is 21.9 Å². The summed E-state index contributed by atoms with van der Waals surface area (Å²) in [6.45, 7) is 4.16. The highest BCUT2D eigenvalue weighted by Gasteiger charge is 2.40. The molecule has 0 spiro atoms. The predicted octanol–water partition coefficient (Wildman–Crippen LogP) is 1.44. The first-order valence-corrected chi connectivity index (χ1v) is 8.60. The summed E-state index contributed by atoms with van der Waals surface area (Å²) in [5, 5.41) is 3.16. The summed E-state index contributed by atoms with van der Waals surface area (Å²) < 4.78 is 0. The number of hydrogen-bond acceptors (Lipinski definition) is 5. The largest absolute Gasteiger partial charge is 0.348 e. The van der Waals surface area contributed by atoms with Gasteiger partial charge in [0.05, 0.1) is 12.2 Å². The van der Waals surface area contributed by atoms with E-state index in [0.717, 1.165) is 11.1 Å². The summed E-state index contributed by atoms with van der Waals surface area (Å²) in [7, 11) is 0. The Morgan fingerprint density at radius 2 is 1.92 bits per heavy atom. The van der Waals surface area contributed by atoms with Crippen molar-refractivity contribution in [3.05, 3.63) is 66.0 Å². The number of aromatic nitrogens is 1. The maximum Gasteiger partial charge on any atom is 0.239 e. The van der Waals surface area contributed by atoms with E-state index in [1.165, 1.54) is 0 Å². The molecule has 1 fully saturated rings. The summed E-state index contributed by atoms with van der Waals surface area (Å²) in [6.07, 6.45) is 3.20. The Kier molecular flexibility index (Phi) is 5.43. The Labute approximate surface area is 148 Å². The fourth-order valence-electron chi connectivity index (χ4n) is 3.31. The van der Waals surface area contributed by atoms with E-state index in [9.17, 15) is 4.79 Å². The minimum Gasteiger partial charge on any atom is -0.348 e. The number of nitrogens with one attached hydrogen (secondary N) is 3. The molecule has 1 amide bonds. The van der Waals surface area contributed by atoms with Crippen molar-refractivity contribution >= 4 is 5.91 Å². The van der Waals surface area contributed by atoms with E-state index in [-0.39, 0.29) is 30.0 Å². The van der Waals surface area contributed by atoms with Gasteiger partial charge >= 0.3 is 0 Å². The third kappa shape index (κ3) is 3.87. The van der Waals surface area contributed by atoms with E-state index in [4.69, 9.17) is 5.73 Å². The third-order valence-electron chi connectivity index (χ3n) is 4.63. The molecule has 1 aliphatic heterocycles. The normalized spacial score (nSPS) is 24.2. The molecule has 4 atom stereocenters. The molecule has 0 saturated carbocycles. The quantitative estimate of drug-likeness (QED) is 0.662. The van der Waals surface area contributed by atoms with Crippen LogP contribution in [0.4, 0.5) is 0 Å². The Balaban J connectivity index is 1.79. The van der Waals surface area contributed by atoms with Crippen molar-refractivity contribution in [3.63, 3.8) is 0 Å². The van der Waals surface area contributed by atoms with Crippen molar-refractivity contribution in [1.82, 2.24) is 21.2 Å². The topological polar surface area (TPSA) is 92.1 Å². The Morgan fingerprint density at radius 3 is 2.56 bits per heavy atom. The molecule has 0 bridgehead atoms. The van der Waals surface area contributed by atoms with Gasteiger partial charge in [0.1, 0.15) is 6.04 Å². The van der Waals surface area contributed by atoms with Crippen LogP contribution in [0.25, 0.3) is 0 Å². The molecular weight excluding hydrogens is 314 g/mol. The van der Waals surface area contributed by atoms with Crippen molar-refractivity contribution in [2.24, 2.45) is 11.7 Å². The lowest BCUT2D eigenvalue weighted by Crippen LogP contribution is -2.47. The highest BCUT2D eigenvalue weighted by atomic mass is 16.2. The average Bonchev–Trinajstić information content (AvgIpc) is 3.02. The summed E-state index contributed by atoms with van der Waals surface area (Å²) >= 11 is 0. The van der Waals surface area contributed by atoms with E-state index in [1.54, 1.807) is 12.4 Å². The molecule has 3 rings (SSSR count). The lowest BCUT2D eigenvalue weighted by atomic mass is 9.89. The van der Waals surface area contributed by atoms with Gasteiger partial charge in [0, 0.05) is 18.3 Å². The average molecular weight is 339 g/mol. The number of benzene rings is 1. The minimum absolute atomic E-state index is 0.0724. The Bertz CT molecular complexity index is 691. The molecule has 25 heavy (non-hydrogen) atoms. The van der Waals surface area contributed by atoms with Crippen LogP contribution in [0.5, 0.6) is 0 Å². The van der Waals surface area contributed by atoms with Gasteiger partial charge in [0.25, 0.3) is 0 Å². The SMILES string of the molecule is CC(C)C(NC(=O)C1NNC(N)C1c1ccccc1)c1cccnc1. The molecule has 5 N–H and O–H groups in total. The fourth-order valence-corrected chi connectivity index (χ4v) is 3.31. The molecule has 0 aliphatic carbocycles. The van der Waals surface area contributed by atoms with Gasteiger partial charge in [-0.2, -0.15) is 0 Å². The van der Waals surface area contributed by atoms with Crippen molar-refractivity contribution in [2.45, 2.75) is 38.0 Å². The first-order chi connectivity index (χ1) is 12.1. The fraction of sp³-hybridized carbons (Fsp3) is 0.368. The lowest BCUT2D eigenvalue weighted by Gasteiger charge is -2.26. The molecule has 2 heterocycles. The number of hydrogen-bond donors (Lipinski definition) is 4. The first kappa shape index (κ1) is 17.5. The predicted molar refractivity (Wildman–Crippen MR) is 97.2 cm³/mol. The van der Waals surface area contributed by atoms with Gasteiger partial charge < -0.3 is 11.1 Å². The number of pyridine rings is 1. The molecule has 0 radical (unpaired) electrons. The highest BCUT2D eigenvalue weighted by Crippen LogP contribution is 2.27. The number of hydrazine groups is 1. The van der Waals surface area contributed by atoms with E-state index in [1.807, 2.05) is 42.5 Å². The summed E-state index contributed by atoms with van der Waals surface area (Å²) in [5.74, 6) is 0.0335. The van der Waals surface area contributed by atoms with Crippen LogP contribution in [0.3, 0.4) is 0 Å².